The van der Waals surface area contributed by atoms with Gasteiger partial charge in [-0.15, -0.1) is 11.3 Å². The van der Waals surface area contributed by atoms with Crippen LogP contribution >= 0.6 is 22.7 Å². The van der Waals surface area contributed by atoms with E-state index >= 15 is 0 Å². The average Bonchev–Trinajstić information content (AvgIpc) is 3.25. The summed E-state index contributed by atoms with van der Waals surface area (Å²) >= 11 is 3.29. The summed E-state index contributed by atoms with van der Waals surface area (Å²) in [5.74, 6) is -0.0894. The molecule has 2 nitrogen and oxygen atoms in total. The summed E-state index contributed by atoms with van der Waals surface area (Å²) in [6.45, 7) is 0. The Morgan fingerprint density at radius 2 is 1.91 bits per heavy atom. The van der Waals surface area contributed by atoms with Crippen LogP contribution in [0, 0.1) is 0 Å². The van der Waals surface area contributed by atoms with E-state index in [1.807, 2.05) is 59.3 Å². The number of amides is 1. The molecule has 1 amide bonds. The van der Waals surface area contributed by atoms with Gasteiger partial charge < -0.3 is 5.32 Å². The lowest BCUT2D eigenvalue weighted by atomic mass is 10.1. The van der Waals surface area contributed by atoms with Crippen molar-refractivity contribution in [2.75, 3.05) is 0 Å². The van der Waals surface area contributed by atoms with Gasteiger partial charge in [0.1, 0.15) is 0 Å². The number of benzene rings is 1. The maximum Gasteiger partial charge on any atom is 0.244 e. The number of carbonyl (C=O) groups excluding carboxylic acids is 1. The first-order valence-corrected chi connectivity index (χ1v) is 8.74. The third-order valence-electron chi connectivity index (χ3n) is 3.22. The van der Waals surface area contributed by atoms with Crippen LogP contribution in [0.1, 0.15) is 22.0 Å². The van der Waals surface area contributed by atoms with Crippen molar-refractivity contribution < 1.29 is 4.79 Å². The van der Waals surface area contributed by atoms with E-state index < -0.39 is 0 Å². The summed E-state index contributed by atoms with van der Waals surface area (Å²) in [6, 6.07) is 15.8. The molecule has 0 saturated carbocycles. The topological polar surface area (TPSA) is 29.1 Å². The van der Waals surface area contributed by atoms with Crippen molar-refractivity contribution in [1.82, 2.24) is 5.32 Å². The molecule has 1 unspecified atom stereocenters. The van der Waals surface area contributed by atoms with Crippen molar-refractivity contribution in [2.45, 2.75) is 6.04 Å². The molecule has 0 fully saturated rings. The van der Waals surface area contributed by atoms with Crippen molar-refractivity contribution in [2.24, 2.45) is 0 Å². The Hall–Kier alpha value is -2.17. The quantitative estimate of drug-likeness (QED) is 0.675. The Bertz CT molecular complexity index is 697. The van der Waals surface area contributed by atoms with Crippen molar-refractivity contribution in [3.63, 3.8) is 0 Å². The second-order valence-corrected chi connectivity index (χ2v) is 6.52. The molecule has 2 aromatic heterocycles. The third kappa shape index (κ3) is 3.72. The van der Waals surface area contributed by atoms with Gasteiger partial charge in [-0.1, -0.05) is 36.4 Å². The third-order valence-corrected chi connectivity index (χ3v) is 4.86. The monoisotopic (exact) mass is 325 g/mol. The van der Waals surface area contributed by atoms with E-state index in [1.54, 1.807) is 28.7 Å². The number of hydrogen-bond acceptors (Lipinski definition) is 3. The summed E-state index contributed by atoms with van der Waals surface area (Å²) < 4.78 is 0. The predicted molar refractivity (Wildman–Crippen MR) is 94.1 cm³/mol. The Morgan fingerprint density at radius 1 is 1.05 bits per heavy atom. The van der Waals surface area contributed by atoms with Crippen molar-refractivity contribution in [3.05, 3.63) is 86.8 Å². The molecule has 0 radical (unpaired) electrons. The molecule has 1 aromatic carbocycles. The van der Waals surface area contributed by atoms with Gasteiger partial charge in [0, 0.05) is 11.0 Å². The molecule has 2 heterocycles. The fourth-order valence-electron chi connectivity index (χ4n) is 2.14. The molecule has 1 N–H and O–H groups in total. The first kappa shape index (κ1) is 14.8. The summed E-state index contributed by atoms with van der Waals surface area (Å²) in [7, 11) is 0. The van der Waals surface area contributed by atoms with Crippen LogP contribution in [0.5, 0.6) is 0 Å². The molecule has 0 bridgehead atoms. The van der Waals surface area contributed by atoms with Crippen LogP contribution in [0.15, 0.2) is 70.7 Å². The van der Waals surface area contributed by atoms with Crippen LogP contribution in [0.2, 0.25) is 0 Å². The highest BCUT2D eigenvalue weighted by Gasteiger charge is 2.16. The van der Waals surface area contributed by atoms with Gasteiger partial charge in [0.05, 0.1) is 6.04 Å². The lowest BCUT2D eigenvalue weighted by Gasteiger charge is -2.15. The zero-order valence-electron chi connectivity index (χ0n) is 11.8. The number of hydrogen-bond donors (Lipinski definition) is 1. The SMILES string of the molecule is O=C(/C=C/c1ccccc1)NC(c1ccsc1)c1cccs1. The van der Waals surface area contributed by atoms with Crippen LogP contribution in [-0.2, 0) is 4.79 Å². The van der Waals surface area contributed by atoms with Gasteiger partial charge in [-0.25, -0.2) is 0 Å². The molecule has 0 aliphatic carbocycles. The van der Waals surface area contributed by atoms with E-state index in [1.165, 1.54) is 0 Å². The van der Waals surface area contributed by atoms with E-state index in [9.17, 15) is 4.79 Å². The van der Waals surface area contributed by atoms with Gasteiger partial charge >= 0.3 is 0 Å². The smallest absolute Gasteiger partial charge is 0.244 e. The predicted octanol–water partition coefficient (Wildman–Crippen LogP) is 4.73. The molecule has 0 aliphatic heterocycles. The van der Waals surface area contributed by atoms with Crippen molar-refractivity contribution in [3.8, 4) is 0 Å². The van der Waals surface area contributed by atoms with Gasteiger partial charge in [0.15, 0.2) is 0 Å². The molecule has 4 heteroatoms. The van der Waals surface area contributed by atoms with Crippen LogP contribution in [-0.4, -0.2) is 5.91 Å². The van der Waals surface area contributed by atoms with Crippen LogP contribution < -0.4 is 5.32 Å². The minimum absolute atomic E-state index is 0.0841. The van der Waals surface area contributed by atoms with Crippen LogP contribution in [0.3, 0.4) is 0 Å². The minimum atomic E-state index is -0.0894. The Morgan fingerprint density at radius 3 is 2.59 bits per heavy atom. The maximum absolute atomic E-state index is 12.2. The molecule has 110 valence electrons. The highest BCUT2D eigenvalue weighted by molar-refractivity contribution is 7.10. The summed E-state index contributed by atoms with van der Waals surface area (Å²) in [6.07, 6.45) is 3.41. The molecule has 0 spiro atoms. The molecule has 3 aromatic rings. The molecular weight excluding hydrogens is 310 g/mol. The minimum Gasteiger partial charge on any atom is -0.341 e. The number of rotatable bonds is 5. The number of nitrogens with one attached hydrogen (secondary N) is 1. The zero-order chi connectivity index (χ0) is 15.2. The first-order chi connectivity index (χ1) is 10.8. The van der Waals surface area contributed by atoms with Gasteiger partial charge in [-0.3, -0.25) is 4.79 Å². The van der Waals surface area contributed by atoms with Gasteiger partial charge in [0.25, 0.3) is 0 Å². The van der Waals surface area contributed by atoms with Gasteiger partial charge in [0.2, 0.25) is 5.91 Å². The highest BCUT2D eigenvalue weighted by Crippen LogP contribution is 2.27. The summed E-state index contributed by atoms with van der Waals surface area (Å²) in [4.78, 5) is 13.4. The summed E-state index contributed by atoms with van der Waals surface area (Å²) in [5, 5.41) is 9.22. The fourth-order valence-corrected chi connectivity index (χ4v) is 3.63. The fraction of sp³-hybridized carbons (Fsp3) is 0.0556. The standard InChI is InChI=1S/C18H15NOS2/c20-17(9-8-14-5-2-1-3-6-14)19-18(15-10-12-21-13-15)16-7-4-11-22-16/h1-13,18H,(H,19,20)/b9-8+. The Balaban J connectivity index is 1.74. The van der Waals surface area contributed by atoms with E-state index in [-0.39, 0.29) is 11.9 Å². The maximum atomic E-state index is 12.2. The molecular formula is C18H15NOS2. The number of carbonyl (C=O) groups is 1. The molecule has 3 rings (SSSR count). The average molecular weight is 325 g/mol. The van der Waals surface area contributed by atoms with Crippen molar-refractivity contribution >= 4 is 34.7 Å². The molecule has 1 atom stereocenters. The van der Waals surface area contributed by atoms with E-state index in [0.717, 1.165) is 16.0 Å². The zero-order valence-corrected chi connectivity index (χ0v) is 13.4. The Labute approximate surface area is 137 Å². The normalized spacial score (nSPS) is 12.4. The highest BCUT2D eigenvalue weighted by atomic mass is 32.1. The van der Waals surface area contributed by atoms with E-state index in [4.69, 9.17) is 0 Å². The van der Waals surface area contributed by atoms with Gasteiger partial charge in [-0.2, -0.15) is 11.3 Å². The summed E-state index contributed by atoms with van der Waals surface area (Å²) in [5.41, 5.74) is 2.13. The van der Waals surface area contributed by atoms with E-state index in [0.29, 0.717) is 0 Å². The molecule has 22 heavy (non-hydrogen) atoms. The second-order valence-electron chi connectivity index (χ2n) is 4.76. The number of thiophene rings is 2. The van der Waals surface area contributed by atoms with Crippen LogP contribution in [0.4, 0.5) is 0 Å². The van der Waals surface area contributed by atoms with E-state index in [2.05, 4.69) is 16.8 Å². The van der Waals surface area contributed by atoms with Crippen LogP contribution in [0.25, 0.3) is 6.08 Å². The molecule has 0 saturated heterocycles. The molecule has 0 aliphatic rings. The van der Waals surface area contributed by atoms with Crippen molar-refractivity contribution in [1.29, 1.82) is 0 Å². The second kappa shape index (κ2) is 7.20. The first-order valence-electron chi connectivity index (χ1n) is 6.92. The Kier molecular flexibility index (Phi) is 4.83. The largest absolute Gasteiger partial charge is 0.341 e. The van der Waals surface area contributed by atoms with Gasteiger partial charge in [-0.05, 0) is 45.5 Å². The lowest BCUT2D eigenvalue weighted by Crippen LogP contribution is -2.26. The lowest BCUT2D eigenvalue weighted by molar-refractivity contribution is -0.116.